The molecule has 0 N–H and O–H groups in total. The van der Waals surface area contributed by atoms with Gasteiger partial charge in [0, 0.05) is 40.5 Å². The molecule has 0 unspecified atom stereocenters. The Hall–Kier alpha value is -5.26. The maximum Gasteiger partial charge on any atom is 2.00 e. The molecule has 4 heterocycles. The number of nitrogens with zero attached hydrogens (tertiary/aromatic N) is 6. The number of rotatable bonds is 6. The van der Waals surface area contributed by atoms with E-state index >= 15 is 0 Å². The third-order valence-electron chi connectivity index (χ3n) is 9.02. The second-order valence-corrected chi connectivity index (χ2v) is 14.7. The van der Waals surface area contributed by atoms with Crippen LogP contribution in [0.3, 0.4) is 0 Å². The van der Waals surface area contributed by atoms with E-state index in [1.165, 1.54) is 5.56 Å². The Labute approximate surface area is 312 Å². The van der Waals surface area contributed by atoms with E-state index in [0.29, 0.717) is 23.4 Å². The third kappa shape index (κ3) is 6.55. The van der Waals surface area contributed by atoms with Crippen LogP contribution in [0.25, 0.3) is 49.8 Å². The molecule has 0 aliphatic carbocycles. The van der Waals surface area contributed by atoms with E-state index in [-0.39, 0.29) is 31.9 Å². The first-order chi connectivity index (χ1) is 24.0. The summed E-state index contributed by atoms with van der Waals surface area (Å²) in [5.41, 5.74) is 6.58. The molecule has 8 aromatic rings. The number of benzene rings is 4. The van der Waals surface area contributed by atoms with Crippen LogP contribution < -0.4 is 4.74 Å². The summed E-state index contributed by atoms with van der Waals surface area (Å²) in [5, 5.41) is 7.13. The fourth-order valence-corrected chi connectivity index (χ4v) is 6.31. The van der Waals surface area contributed by atoms with Gasteiger partial charge in [0.25, 0.3) is 0 Å². The van der Waals surface area contributed by atoms with Crippen LogP contribution in [0.5, 0.6) is 11.6 Å². The number of para-hydroxylation sites is 4. The summed E-state index contributed by atoms with van der Waals surface area (Å²) >= 11 is 0. The van der Waals surface area contributed by atoms with Crippen molar-refractivity contribution in [1.82, 2.24) is 24.1 Å². The van der Waals surface area contributed by atoms with Crippen LogP contribution in [0.2, 0.25) is 0 Å². The van der Waals surface area contributed by atoms with E-state index in [1.807, 2.05) is 77.5 Å². The van der Waals surface area contributed by atoms with Crippen LogP contribution in [0, 0.1) is 6.07 Å². The maximum atomic E-state index is 6.63. The Balaban J connectivity index is 0.00000406. The standard InChI is InChI=1S/C43H38N6O.Pt/c1-42(2,3)28-22-23-44-38(24-28)48-35-18-12-10-16-32(35)33-21-20-31(27-37(33)48)50-40-26-29(43(4,5)6)25-39(47-40)49-36-19-13-11-17-34(36)46-41(49)45-30-14-8-7-9-15-30;/h7-26H,1-6H3;/q-2;+2. The van der Waals surface area contributed by atoms with Crippen molar-refractivity contribution < 1.29 is 25.8 Å². The van der Waals surface area contributed by atoms with Gasteiger partial charge in [0.2, 0.25) is 5.88 Å². The number of imidazole rings is 1. The molecule has 4 aromatic heterocycles. The molecule has 0 saturated carbocycles. The molecule has 0 spiro atoms. The molecule has 8 rings (SSSR count). The molecule has 51 heavy (non-hydrogen) atoms. The Morgan fingerprint density at radius 2 is 1.31 bits per heavy atom. The van der Waals surface area contributed by atoms with Crippen molar-refractivity contribution in [1.29, 1.82) is 0 Å². The molecule has 256 valence electrons. The van der Waals surface area contributed by atoms with Crippen LogP contribution >= 0.6 is 0 Å². The summed E-state index contributed by atoms with van der Waals surface area (Å²) in [6.45, 7) is 13.2. The first-order valence-corrected chi connectivity index (χ1v) is 16.9. The Morgan fingerprint density at radius 3 is 2.08 bits per heavy atom. The average Bonchev–Trinajstić information content (AvgIpc) is 3.63. The largest absolute Gasteiger partial charge is 2.00 e. The van der Waals surface area contributed by atoms with Crippen molar-refractivity contribution in [2.75, 3.05) is 0 Å². The number of pyridine rings is 2. The van der Waals surface area contributed by atoms with Crippen molar-refractivity contribution in [3.05, 3.63) is 144 Å². The second-order valence-electron chi connectivity index (χ2n) is 14.7. The molecule has 0 amide bonds. The predicted molar refractivity (Wildman–Crippen MR) is 203 cm³/mol. The minimum Gasteiger partial charge on any atom is -0.466 e. The van der Waals surface area contributed by atoms with Crippen molar-refractivity contribution >= 4 is 44.5 Å². The second kappa shape index (κ2) is 13.1. The topological polar surface area (TPSA) is 71.9 Å². The fourth-order valence-electron chi connectivity index (χ4n) is 6.31. The van der Waals surface area contributed by atoms with E-state index in [9.17, 15) is 0 Å². The van der Waals surface area contributed by atoms with Gasteiger partial charge < -0.3 is 24.2 Å². The zero-order valence-corrected chi connectivity index (χ0v) is 31.7. The molecule has 7 nitrogen and oxygen atoms in total. The molecule has 0 bridgehead atoms. The van der Waals surface area contributed by atoms with Gasteiger partial charge in [0.05, 0.1) is 5.82 Å². The molecule has 4 aromatic carbocycles. The zero-order chi connectivity index (χ0) is 34.6. The molecule has 0 saturated heterocycles. The van der Waals surface area contributed by atoms with Crippen LogP contribution in [0.4, 0.5) is 11.6 Å². The molecule has 0 fully saturated rings. The molecule has 8 heteroatoms. The summed E-state index contributed by atoms with van der Waals surface area (Å²) in [6, 6.07) is 42.3. The minimum atomic E-state index is -0.188. The van der Waals surface area contributed by atoms with Gasteiger partial charge in [0.15, 0.2) is 0 Å². The predicted octanol–water partition coefficient (Wildman–Crippen LogP) is 11.4. The SMILES string of the molecule is CC(C)(C)c1cc(Oc2[c-]c3c(cc2)c2ccccc2n3-c2cc(C(C)(C)C)ccn2)nc(-n2c([N-]c3ccccc3)nc3ccccc32)c1.[Pt+2]. The first kappa shape index (κ1) is 34.2. The van der Waals surface area contributed by atoms with Gasteiger partial charge in [-0.25, -0.2) is 9.97 Å². The normalized spacial score (nSPS) is 12.0. The molecule has 0 radical (unpaired) electrons. The summed E-state index contributed by atoms with van der Waals surface area (Å²) in [6.07, 6.45) is 1.89. The average molecular weight is 850 g/mol. The summed E-state index contributed by atoms with van der Waals surface area (Å²) < 4.78 is 10.8. The Bertz CT molecular complexity index is 2520. The quantitative estimate of drug-likeness (QED) is 0.156. The van der Waals surface area contributed by atoms with E-state index in [1.54, 1.807) is 0 Å². The van der Waals surface area contributed by atoms with Crippen LogP contribution in [-0.4, -0.2) is 24.1 Å². The van der Waals surface area contributed by atoms with E-state index in [4.69, 9.17) is 25.0 Å². The minimum absolute atomic E-state index is 0. The van der Waals surface area contributed by atoms with Gasteiger partial charge in [0.1, 0.15) is 5.82 Å². The molecule has 0 atom stereocenters. The smallest absolute Gasteiger partial charge is 0.466 e. The zero-order valence-electron chi connectivity index (χ0n) is 29.5. The summed E-state index contributed by atoms with van der Waals surface area (Å²) in [7, 11) is 0. The number of ether oxygens (including phenoxy) is 1. The van der Waals surface area contributed by atoms with Crippen molar-refractivity contribution in [2.24, 2.45) is 0 Å². The van der Waals surface area contributed by atoms with Gasteiger partial charge in [-0.3, -0.25) is 0 Å². The Morgan fingerprint density at radius 1 is 0.627 bits per heavy atom. The van der Waals surface area contributed by atoms with Crippen LogP contribution in [0.15, 0.2) is 121 Å². The van der Waals surface area contributed by atoms with Gasteiger partial charge in [-0.15, -0.1) is 17.5 Å². The summed E-state index contributed by atoms with van der Waals surface area (Å²) in [4.78, 5) is 14.8. The molecule has 0 aliphatic rings. The van der Waals surface area contributed by atoms with Gasteiger partial charge >= 0.3 is 21.1 Å². The first-order valence-electron chi connectivity index (χ1n) is 16.9. The van der Waals surface area contributed by atoms with Gasteiger partial charge in [-0.2, -0.15) is 6.07 Å². The molecular formula is C43H38N6OPt. The van der Waals surface area contributed by atoms with Crippen molar-refractivity contribution in [3.63, 3.8) is 0 Å². The summed E-state index contributed by atoms with van der Waals surface area (Å²) in [5.74, 6) is 3.08. The number of hydrogen-bond acceptors (Lipinski definition) is 4. The fraction of sp³-hybridized carbons (Fsp3) is 0.186. The molecular weight excluding hydrogens is 812 g/mol. The van der Waals surface area contributed by atoms with E-state index < -0.39 is 0 Å². The number of hydrogen-bond donors (Lipinski definition) is 0. The Kier molecular flexibility index (Phi) is 8.80. The van der Waals surface area contributed by atoms with E-state index in [2.05, 4.69) is 101 Å². The van der Waals surface area contributed by atoms with Crippen LogP contribution in [0.1, 0.15) is 52.7 Å². The number of aromatic nitrogens is 5. The molecule has 0 aliphatic heterocycles. The third-order valence-corrected chi connectivity index (χ3v) is 9.02. The van der Waals surface area contributed by atoms with Crippen molar-refractivity contribution in [3.8, 4) is 23.3 Å². The maximum absolute atomic E-state index is 6.63. The van der Waals surface area contributed by atoms with Gasteiger partial charge in [-0.1, -0.05) is 120 Å². The monoisotopic (exact) mass is 849 g/mol. The van der Waals surface area contributed by atoms with Gasteiger partial charge in [-0.05, 0) is 57.3 Å². The van der Waals surface area contributed by atoms with E-state index in [0.717, 1.165) is 49.9 Å². The number of fused-ring (bicyclic) bond motifs is 4. The van der Waals surface area contributed by atoms with Crippen molar-refractivity contribution in [2.45, 2.75) is 52.4 Å². The van der Waals surface area contributed by atoms with Crippen LogP contribution in [-0.2, 0) is 31.9 Å².